The van der Waals surface area contributed by atoms with Crippen molar-refractivity contribution in [3.63, 3.8) is 0 Å². The zero-order valence-electron chi connectivity index (χ0n) is 13.0. The molecule has 124 valence electrons. The van der Waals surface area contributed by atoms with E-state index in [0.29, 0.717) is 5.56 Å². The number of nitrogens with one attached hydrogen (secondary N) is 1. The number of hydrogen-bond donors (Lipinski definition) is 2. The van der Waals surface area contributed by atoms with Gasteiger partial charge in [0.15, 0.2) is 6.61 Å². The molecular formula is C17H17N3O4. The van der Waals surface area contributed by atoms with Gasteiger partial charge < -0.3 is 14.7 Å². The molecule has 2 aromatic carbocycles. The summed E-state index contributed by atoms with van der Waals surface area (Å²) in [6, 6.07) is 13.8. The van der Waals surface area contributed by atoms with Crippen molar-refractivity contribution in [3.8, 4) is 11.5 Å². The lowest BCUT2D eigenvalue weighted by Gasteiger charge is -2.00. The molecular weight excluding hydrogens is 310 g/mol. The normalized spacial score (nSPS) is 10.9. The number of hydrogen-bond acceptors (Lipinski definition) is 6. The Morgan fingerprint density at radius 1 is 1.17 bits per heavy atom. The molecule has 0 atom stereocenters. The van der Waals surface area contributed by atoms with E-state index >= 15 is 0 Å². The lowest BCUT2D eigenvalue weighted by atomic mass is 10.2. The van der Waals surface area contributed by atoms with Gasteiger partial charge >= 0.3 is 0 Å². The number of benzene rings is 2. The zero-order valence-corrected chi connectivity index (χ0v) is 13.0. The van der Waals surface area contributed by atoms with Gasteiger partial charge in [-0.2, -0.15) is 5.10 Å². The van der Waals surface area contributed by atoms with E-state index in [2.05, 4.69) is 15.7 Å². The number of oxime groups is 1. The van der Waals surface area contributed by atoms with Crippen LogP contribution in [0, 0.1) is 0 Å². The number of phenols is 1. The fraction of sp³-hybridized carbons (Fsp3) is 0.118. The molecule has 0 aliphatic heterocycles. The van der Waals surface area contributed by atoms with E-state index in [-0.39, 0.29) is 12.4 Å². The maximum Gasteiger partial charge on any atom is 0.280 e. The van der Waals surface area contributed by atoms with Crippen molar-refractivity contribution in [2.75, 3.05) is 13.7 Å². The first-order chi connectivity index (χ1) is 11.7. The highest BCUT2D eigenvalue weighted by atomic mass is 16.6. The number of hydrazone groups is 1. The van der Waals surface area contributed by atoms with Crippen LogP contribution in [-0.2, 0) is 9.63 Å². The lowest BCUT2D eigenvalue weighted by molar-refractivity contribution is -0.125. The molecule has 0 heterocycles. The van der Waals surface area contributed by atoms with Crippen LogP contribution in [-0.4, -0.2) is 37.2 Å². The number of phenolic OH excluding ortho intramolecular Hbond substituents is 1. The van der Waals surface area contributed by atoms with Crippen LogP contribution in [0.15, 0.2) is 58.8 Å². The van der Waals surface area contributed by atoms with Gasteiger partial charge in [0.1, 0.15) is 11.5 Å². The Morgan fingerprint density at radius 2 is 1.92 bits per heavy atom. The monoisotopic (exact) mass is 327 g/mol. The highest BCUT2D eigenvalue weighted by molar-refractivity contribution is 5.85. The molecule has 0 aliphatic rings. The minimum atomic E-state index is -0.464. The summed E-state index contributed by atoms with van der Waals surface area (Å²) in [6.07, 6.45) is 2.83. The van der Waals surface area contributed by atoms with Crippen molar-refractivity contribution in [1.82, 2.24) is 5.43 Å². The predicted octanol–water partition coefficient (Wildman–Crippen LogP) is 1.90. The van der Waals surface area contributed by atoms with Gasteiger partial charge in [0.05, 0.1) is 19.5 Å². The first-order valence-corrected chi connectivity index (χ1v) is 7.08. The first kappa shape index (κ1) is 17.0. The van der Waals surface area contributed by atoms with Crippen LogP contribution >= 0.6 is 0 Å². The third-order valence-electron chi connectivity index (χ3n) is 2.92. The van der Waals surface area contributed by atoms with Crippen molar-refractivity contribution in [1.29, 1.82) is 0 Å². The average molecular weight is 327 g/mol. The second-order valence-electron chi connectivity index (χ2n) is 4.63. The molecule has 0 saturated carbocycles. The number of methoxy groups -OCH3 is 1. The number of carbonyl (C=O) groups is 1. The maximum atomic E-state index is 11.5. The van der Waals surface area contributed by atoms with Gasteiger partial charge in [-0.1, -0.05) is 17.3 Å². The Morgan fingerprint density at radius 3 is 2.62 bits per heavy atom. The lowest BCUT2D eigenvalue weighted by Crippen LogP contribution is -2.22. The summed E-state index contributed by atoms with van der Waals surface area (Å²) in [5.74, 6) is 0.360. The first-order valence-electron chi connectivity index (χ1n) is 7.08. The van der Waals surface area contributed by atoms with Crippen molar-refractivity contribution in [3.05, 3.63) is 59.7 Å². The molecule has 0 bridgehead atoms. The number of para-hydroxylation sites is 1. The molecule has 2 aromatic rings. The summed E-state index contributed by atoms with van der Waals surface area (Å²) in [6.45, 7) is -0.273. The fourth-order valence-corrected chi connectivity index (χ4v) is 1.69. The number of nitrogens with zero attached hydrogens (tertiary/aromatic N) is 2. The van der Waals surface area contributed by atoms with Crippen LogP contribution in [0.4, 0.5) is 0 Å². The van der Waals surface area contributed by atoms with Crippen LogP contribution < -0.4 is 10.2 Å². The molecule has 7 heteroatoms. The number of rotatable bonds is 7. The molecule has 7 nitrogen and oxygen atoms in total. The van der Waals surface area contributed by atoms with E-state index in [1.54, 1.807) is 37.4 Å². The Bertz CT molecular complexity index is 727. The predicted molar refractivity (Wildman–Crippen MR) is 90.4 cm³/mol. The quantitative estimate of drug-likeness (QED) is 0.600. The molecule has 24 heavy (non-hydrogen) atoms. The van der Waals surface area contributed by atoms with E-state index in [1.807, 2.05) is 12.1 Å². The second-order valence-corrected chi connectivity index (χ2v) is 4.63. The van der Waals surface area contributed by atoms with Crippen LogP contribution in [0.3, 0.4) is 0 Å². The second kappa shape index (κ2) is 8.94. The Kier molecular flexibility index (Phi) is 6.34. The summed E-state index contributed by atoms with van der Waals surface area (Å²) in [5, 5.41) is 17.0. The van der Waals surface area contributed by atoms with E-state index in [0.717, 1.165) is 11.3 Å². The Labute approximate surface area is 139 Å². The maximum absolute atomic E-state index is 11.5. The Hall–Kier alpha value is -3.35. The third kappa shape index (κ3) is 5.45. The van der Waals surface area contributed by atoms with E-state index in [9.17, 15) is 9.90 Å². The van der Waals surface area contributed by atoms with Crippen molar-refractivity contribution in [2.24, 2.45) is 10.3 Å². The number of ether oxygens (including phenoxy) is 1. The van der Waals surface area contributed by atoms with Gasteiger partial charge in [0, 0.05) is 5.56 Å². The topological polar surface area (TPSA) is 92.5 Å². The Balaban J connectivity index is 1.73. The van der Waals surface area contributed by atoms with Gasteiger partial charge in [0.2, 0.25) is 0 Å². The summed E-state index contributed by atoms with van der Waals surface area (Å²) in [7, 11) is 1.59. The van der Waals surface area contributed by atoms with Crippen molar-refractivity contribution >= 4 is 18.3 Å². The number of aromatic hydroxyl groups is 1. The van der Waals surface area contributed by atoms with Gasteiger partial charge in [-0.3, -0.25) is 4.79 Å². The molecule has 2 rings (SSSR count). The standard InChI is InChI=1S/C17H17N3O4/c1-23-15-8-6-13(7-9-15)10-19-24-12-17(22)20-18-11-14-4-2-3-5-16(14)21/h2-11,21H,12H2,1H3,(H,20,22)/b18-11+,19-10?. The third-order valence-corrected chi connectivity index (χ3v) is 2.92. The molecule has 0 fully saturated rings. The van der Waals surface area contributed by atoms with Crippen LogP contribution in [0.25, 0.3) is 0 Å². The zero-order chi connectivity index (χ0) is 17.2. The van der Waals surface area contributed by atoms with Crippen LogP contribution in [0.1, 0.15) is 11.1 Å². The minimum Gasteiger partial charge on any atom is -0.507 e. The van der Waals surface area contributed by atoms with Gasteiger partial charge in [-0.05, 0) is 42.0 Å². The number of amides is 1. The summed E-state index contributed by atoms with van der Waals surface area (Å²) in [5.41, 5.74) is 3.59. The summed E-state index contributed by atoms with van der Waals surface area (Å²) < 4.78 is 5.05. The number of carbonyl (C=O) groups excluding carboxylic acids is 1. The van der Waals surface area contributed by atoms with Gasteiger partial charge in [-0.25, -0.2) is 5.43 Å². The largest absolute Gasteiger partial charge is 0.507 e. The fourth-order valence-electron chi connectivity index (χ4n) is 1.69. The molecule has 0 unspecified atom stereocenters. The van der Waals surface area contributed by atoms with E-state index < -0.39 is 5.91 Å². The molecule has 0 saturated heterocycles. The summed E-state index contributed by atoms with van der Waals surface area (Å²) in [4.78, 5) is 16.4. The van der Waals surface area contributed by atoms with Crippen LogP contribution in [0.5, 0.6) is 11.5 Å². The molecule has 2 N–H and O–H groups in total. The molecule has 0 aromatic heterocycles. The smallest absolute Gasteiger partial charge is 0.280 e. The average Bonchev–Trinajstić information content (AvgIpc) is 2.61. The highest BCUT2D eigenvalue weighted by Gasteiger charge is 1.99. The molecule has 0 radical (unpaired) electrons. The minimum absolute atomic E-state index is 0.0795. The highest BCUT2D eigenvalue weighted by Crippen LogP contribution is 2.12. The van der Waals surface area contributed by atoms with Crippen molar-refractivity contribution in [2.45, 2.75) is 0 Å². The molecule has 1 amide bonds. The summed E-state index contributed by atoms with van der Waals surface area (Å²) >= 11 is 0. The van der Waals surface area contributed by atoms with E-state index in [4.69, 9.17) is 9.57 Å². The van der Waals surface area contributed by atoms with Gasteiger partial charge in [-0.15, -0.1) is 0 Å². The molecule has 0 spiro atoms. The van der Waals surface area contributed by atoms with Crippen LogP contribution in [0.2, 0.25) is 0 Å². The van der Waals surface area contributed by atoms with E-state index in [1.165, 1.54) is 18.5 Å². The molecule has 0 aliphatic carbocycles. The van der Waals surface area contributed by atoms with Crippen molar-refractivity contribution < 1.29 is 19.5 Å². The van der Waals surface area contributed by atoms with Gasteiger partial charge in [0.25, 0.3) is 5.91 Å². The SMILES string of the molecule is COc1ccc(C=NOCC(=O)N/N=C/c2ccccc2O)cc1.